The van der Waals surface area contributed by atoms with Gasteiger partial charge in [0.1, 0.15) is 11.5 Å². The maximum absolute atomic E-state index is 12.4. The number of hydrogen-bond donors (Lipinski definition) is 1. The number of ether oxygens (including phenoxy) is 1. The Balaban J connectivity index is 2.09. The predicted octanol–water partition coefficient (Wildman–Crippen LogP) is 3.97. The molecule has 1 aliphatic heterocycles. The Hall–Kier alpha value is -2.20. The van der Waals surface area contributed by atoms with Gasteiger partial charge in [-0.3, -0.25) is 4.79 Å². The van der Waals surface area contributed by atoms with E-state index < -0.39 is 5.41 Å². The van der Waals surface area contributed by atoms with E-state index in [9.17, 15) is 4.79 Å². The van der Waals surface area contributed by atoms with Gasteiger partial charge in [0, 0.05) is 18.3 Å². The first-order valence-electron chi connectivity index (χ1n) is 6.97. The molecule has 0 saturated carbocycles. The first-order valence-corrected chi connectivity index (χ1v) is 7.34. The van der Waals surface area contributed by atoms with Gasteiger partial charge in [0.15, 0.2) is 0 Å². The number of fused-ring (bicyclic) bond motifs is 1. The van der Waals surface area contributed by atoms with Gasteiger partial charge in [-0.25, -0.2) is 0 Å². The first-order chi connectivity index (χ1) is 10.3. The third kappa shape index (κ3) is 2.11. The van der Waals surface area contributed by atoms with Gasteiger partial charge in [0.25, 0.3) is 0 Å². The van der Waals surface area contributed by atoms with Crippen LogP contribution in [-0.4, -0.2) is 13.0 Å². The summed E-state index contributed by atoms with van der Waals surface area (Å²) in [6.45, 7) is 3.80. The molecule has 2 N–H and O–H groups in total. The SMILES string of the molecule is CN1C(=O)C(C)(C)c2c(Oc3ccc(N)cc3Cl)cccc21. The molecular formula is C17H17ClN2O2. The predicted molar refractivity (Wildman–Crippen MR) is 88.8 cm³/mol. The lowest BCUT2D eigenvalue weighted by Crippen LogP contribution is -2.33. The third-order valence-corrected chi connectivity index (χ3v) is 4.30. The van der Waals surface area contributed by atoms with Crippen LogP contribution in [0.5, 0.6) is 11.5 Å². The summed E-state index contributed by atoms with van der Waals surface area (Å²) in [7, 11) is 1.77. The van der Waals surface area contributed by atoms with Crippen LogP contribution < -0.4 is 15.4 Å². The molecule has 3 rings (SSSR count). The van der Waals surface area contributed by atoms with Gasteiger partial charge in [0.05, 0.1) is 16.1 Å². The quantitative estimate of drug-likeness (QED) is 0.853. The summed E-state index contributed by atoms with van der Waals surface area (Å²) in [5.41, 5.74) is 7.37. The summed E-state index contributed by atoms with van der Waals surface area (Å²) in [6, 6.07) is 10.7. The van der Waals surface area contributed by atoms with E-state index in [0.717, 1.165) is 11.3 Å². The zero-order chi connectivity index (χ0) is 16.1. The van der Waals surface area contributed by atoms with Gasteiger partial charge >= 0.3 is 0 Å². The number of carbonyl (C=O) groups is 1. The molecule has 22 heavy (non-hydrogen) atoms. The Kier molecular flexibility index (Phi) is 3.29. The summed E-state index contributed by atoms with van der Waals surface area (Å²) < 4.78 is 5.97. The van der Waals surface area contributed by atoms with Crippen molar-refractivity contribution in [2.45, 2.75) is 19.3 Å². The van der Waals surface area contributed by atoms with Crippen LogP contribution in [0, 0.1) is 0 Å². The number of nitrogens with zero attached hydrogens (tertiary/aromatic N) is 1. The molecule has 0 fully saturated rings. The van der Waals surface area contributed by atoms with Crippen LogP contribution in [0.1, 0.15) is 19.4 Å². The number of rotatable bonds is 2. The van der Waals surface area contributed by atoms with E-state index in [-0.39, 0.29) is 5.91 Å². The fourth-order valence-corrected chi connectivity index (χ4v) is 3.09. The van der Waals surface area contributed by atoms with Gasteiger partial charge in [-0.15, -0.1) is 0 Å². The molecule has 1 heterocycles. The largest absolute Gasteiger partial charge is 0.455 e. The minimum atomic E-state index is -0.638. The van der Waals surface area contributed by atoms with Crippen LogP contribution in [-0.2, 0) is 10.2 Å². The maximum Gasteiger partial charge on any atom is 0.237 e. The van der Waals surface area contributed by atoms with Crippen molar-refractivity contribution < 1.29 is 9.53 Å². The molecule has 0 saturated heterocycles. The van der Waals surface area contributed by atoms with Crippen molar-refractivity contribution in [2.24, 2.45) is 0 Å². The molecular weight excluding hydrogens is 300 g/mol. The Morgan fingerprint density at radius 3 is 2.59 bits per heavy atom. The number of nitrogens with two attached hydrogens (primary N) is 1. The lowest BCUT2D eigenvalue weighted by molar-refractivity contribution is -0.121. The van der Waals surface area contributed by atoms with E-state index in [1.807, 2.05) is 32.0 Å². The number of benzene rings is 2. The molecule has 5 heteroatoms. The van der Waals surface area contributed by atoms with E-state index in [4.69, 9.17) is 22.1 Å². The number of nitrogen functional groups attached to an aromatic ring is 1. The number of anilines is 2. The van der Waals surface area contributed by atoms with Gasteiger partial charge in [-0.05, 0) is 44.2 Å². The van der Waals surface area contributed by atoms with Crippen molar-refractivity contribution in [3.63, 3.8) is 0 Å². The van der Waals surface area contributed by atoms with Crippen LogP contribution in [0.25, 0.3) is 0 Å². The van der Waals surface area contributed by atoms with E-state index in [1.165, 1.54) is 0 Å². The standard InChI is InChI=1S/C17H17ClN2O2/c1-17(2)15-12(20(3)16(17)21)5-4-6-14(15)22-13-8-7-10(19)9-11(13)18/h4-9H,19H2,1-3H3. The van der Waals surface area contributed by atoms with Crippen molar-refractivity contribution in [1.29, 1.82) is 0 Å². The molecule has 0 aliphatic carbocycles. The van der Waals surface area contributed by atoms with Crippen LogP contribution >= 0.6 is 11.6 Å². The summed E-state index contributed by atoms with van der Waals surface area (Å²) in [5.74, 6) is 1.19. The molecule has 0 bridgehead atoms. The van der Waals surface area contributed by atoms with Crippen LogP contribution in [0.3, 0.4) is 0 Å². The van der Waals surface area contributed by atoms with Crippen molar-refractivity contribution in [3.05, 3.63) is 47.0 Å². The second-order valence-electron chi connectivity index (χ2n) is 5.93. The zero-order valence-electron chi connectivity index (χ0n) is 12.7. The van der Waals surface area contributed by atoms with Crippen LogP contribution in [0.4, 0.5) is 11.4 Å². The van der Waals surface area contributed by atoms with Crippen LogP contribution in [0.15, 0.2) is 36.4 Å². The number of amides is 1. The summed E-state index contributed by atoms with van der Waals surface area (Å²) in [5, 5.41) is 0.438. The average molecular weight is 317 g/mol. The van der Waals surface area contributed by atoms with Crippen molar-refractivity contribution in [2.75, 3.05) is 17.7 Å². The highest BCUT2D eigenvalue weighted by Gasteiger charge is 2.44. The molecule has 0 atom stereocenters. The highest BCUT2D eigenvalue weighted by molar-refractivity contribution is 6.32. The zero-order valence-corrected chi connectivity index (χ0v) is 13.4. The summed E-state index contributed by atoms with van der Waals surface area (Å²) in [6.07, 6.45) is 0. The smallest absolute Gasteiger partial charge is 0.237 e. The molecule has 1 aliphatic rings. The monoisotopic (exact) mass is 316 g/mol. The lowest BCUT2D eigenvalue weighted by atomic mass is 9.85. The Morgan fingerprint density at radius 2 is 1.91 bits per heavy atom. The number of likely N-dealkylation sites (N-methyl/N-ethyl adjacent to an activating group) is 1. The Bertz CT molecular complexity index is 771. The normalized spacial score (nSPS) is 15.8. The Morgan fingerprint density at radius 1 is 1.18 bits per heavy atom. The molecule has 0 spiro atoms. The molecule has 114 valence electrons. The molecule has 0 radical (unpaired) electrons. The number of halogens is 1. The summed E-state index contributed by atoms with van der Waals surface area (Å²) >= 11 is 6.18. The van der Waals surface area contributed by atoms with Gasteiger partial charge in [-0.1, -0.05) is 17.7 Å². The fourth-order valence-electron chi connectivity index (χ4n) is 2.87. The molecule has 4 nitrogen and oxygen atoms in total. The molecule has 2 aromatic carbocycles. The Labute approximate surface area is 134 Å². The van der Waals surface area contributed by atoms with Crippen molar-refractivity contribution in [1.82, 2.24) is 0 Å². The van der Waals surface area contributed by atoms with E-state index in [2.05, 4.69) is 0 Å². The number of hydrogen-bond acceptors (Lipinski definition) is 3. The highest BCUT2D eigenvalue weighted by atomic mass is 35.5. The minimum Gasteiger partial charge on any atom is -0.455 e. The maximum atomic E-state index is 12.4. The van der Waals surface area contributed by atoms with Gasteiger partial charge < -0.3 is 15.4 Å². The molecule has 2 aromatic rings. The van der Waals surface area contributed by atoms with E-state index in [1.54, 1.807) is 30.1 Å². The molecule has 0 unspecified atom stereocenters. The lowest BCUT2D eigenvalue weighted by Gasteiger charge is -2.19. The molecule has 0 aromatic heterocycles. The molecule has 1 amide bonds. The topological polar surface area (TPSA) is 55.6 Å². The highest BCUT2D eigenvalue weighted by Crippen LogP contribution is 2.47. The fraction of sp³-hybridized carbons (Fsp3) is 0.235. The average Bonchev–Trinajstić information content (AvgIpc) is 2.64. The number of carbonyl (C=O) groups excluding carboxylic acids is 1. The third-order valence-electron chi connectivity index (χ3n) is 4.01. The van der Waals surface area contributed by atoms with Crippen molar-refractivity contribution >= 4 is 28.9 Å². The van der Waals surface area contributed by atoms with E-state index in [0.29, 0.717) is 22.2 Å². The van der Waals surface area contributed by atoms with Crippen LogP contribution in [0.2, 0.25) is 5.02 Å². The van der Waals surface area contributed by atoms with Gasteiger partial charge in [-0.2, -0.15) is 0 Å². The first kappa shape index (κ1) is 14.7. The second kappa shape index (κ2) is 4.92. The van der Waals surface area contributed by atoms with Gasteiger partial charge in [0.2, 0.25) is 5.91 Å². The van der Waals surface area contributed by atoms with E-state index >= 15 is 0 Å². The minimum absolute atomic E-state index is 0.0435. The summed E-state index contributed by atoms with van der Waals surface area (Å²) in [4.78, 5) is 14.1. The van der Waals surface area contributed by atoms with Crippen molar-refractivity contribution in [3.8, 4) is 11.5 Å². The second-order valence-corrected chi connectivity index (χ2v) is 6.34.